The number of thioether (sulfide) groups is 1. The Morgan fingerprint density at radius 2 is 2.17 bits per heavy atom. The van der Waals surface area contributed by atoms with Crippen molar-refractivity contribution in [1.82, 2.24) is 14.8 Å². The van der Waals surface area contributed by atoms with Crippen LogP contribution in [0.3, 0.4) is 0 Å². The number of morpholine rings is 1. The number of hydrogen-bond acceptors (Lipinski definition) is 7. The van der Waals surface area contributed by atoms with Gasteiger partial charge in [-0.05, 0) is 18.2 Å². The summed E-state index contributed by atoms with van der Waals surface area (Å²) in [4.78, 5) is 2.18. The average molecular weight is 345 g/mol. The van der Waals surface area contributed by atoms with E-state index in [2.05, 4.69) is 21.2 Å². The summed E-state index contributed by atoms with van der Waals surface area (Å²) in [5, 5.41) is 18.3. The molecular formula is C16H19N5O2S. The molecule has 0 bridgehead atoms. The van der Waals surface area contributed by atoms with Crippen LogP contribution in [0.25, 0.3) is 0 Å². The highest BCUT2D eigenvalue weighted by molar-refractivity contribution is 7.99. The molecule has 1 aliphatic rings. The van der Waals surface area contributed by atoms with Gasteiger partial charge >= 0.3 is 0 Å². The Hall–Kier alpha value is -2.24. The van der Waals surface area contributed by atoms with Crippen LogP contribution in [0.1, 0.15) is 5.56 Å². The third-order valence-electron chi connectivity index (χ3n) is 3.65. The molecule has 0 atom stereocenters. The Morgan fingerprint density at radius 3 is 2.96 bits per heavy atom. The standard InChI is InChI=1S/C16H19N5O2S/c1-20-15(21-5-7-22-8-6-21)18-19-16(20)24-10-9-23-14-4-2-3-13(11-14)12-17/h2-4,11H,5-10H2,1H3. The van der Waals surface area contributed by atoms with Crippen molar-refractivity contribution < 1.29 is 9.47 Å². The van der Waals surface area contributed by atoms with Gasteiger partial charge in [0.25, 0.3) is 0 Å². The minimum atomic E-state index is 0.541. The molecule has 1 aromatic carbocycles. The largest absolute Gasteiger partial charge is 0.493 e. The van der Waals surface area contributed by atoms with Gasteiger partial charge < -0.3 is 14.4 Å². The molecule has 2 heterocycles. The number of nitrogens with zero attached hydrogens (tertiary/aromatic N) is 5. The summed E-state index contributed by atoms with van der Waals surface area (Å²) in [6.07, 6.45) is 0. The maximum atomic E-state index is 8.88. The number of ether oxygens (including phenoxy) is 2. The molecule has 0 spiro atoms. The molecule has 3 rings (SSSR count). The fourth-order valence-electron chi connectivity index (χ4n) is 2.42. The molecule has 7 nitrogen and oxygen atoms in total. The van der Waals surface area contributed by atoms with Gasteiger partial charge in [0.2, 0.25) is 5.95 Å². The van der Waals surface area contributed by atoms with Crippen LogP contribution in [0.2, 0.25) is 0 Å². The monoisotopic (exact) mass is 345 g/mol. The number of rotatable bonds is 6. The van der Waals surface area contributed by atoms with Gasteiger partial charge in [-0.1, -0.05) is 17.8 Å². The van der Waals surface area contributed by atoms with E-state index in [0.717, 1.165) is 43.2 Å². The van der Waals surface area contributed by atoms with Gasteiger partial charge in [0.05, 0.1) is 31.5 Å². The summed E-state index contributed by atoms with van der Waals surface area (Å²) in [5.74, 6) is 2.34. The van der Waals surface area contributed by atoms with E-state index in [0.29, 0.717) is 17.9 Å². The fourth-order valence-corrected chi connectivity index (χ4v) is 3.14. The number of anilines is 1. The quantitative estimate of drug-likeness (QED) is 0.582. The summed E-state index contributed by atoms with van der Waals surface area (Å²) in [6, 6.07) is 9.27. The smallest absolute Gasteiger partial charge is 0.227 e. The van der Waals surface area contributed by atoms with Crippen LogP contribution in [0.5, 0.6) is 5.75 Å². The molecular weight excluding hydrogens is 326 g/mol. The van der Waals surface area contributed by atoms with E-state index in [1.165, 1.54) is 0 Å². The van der Waals surface area contributed by atoms with Crippen LogP contribution in [-0.4, -0.2) is 53.4 Å². The number of nitriles is 1. The van der Waals surface area contributed by atoms with Crippen LogP contribution in [0, 0.1) is 11.3 Å². The Labute approximate surface area is 145 Å². The van der Waals surface area contributed by atoms with E-state index in [1.54, 1.807) is 23.9 Å². The maximum absolute atomic E-state index is 8.88. The second kappa shape index (κ2) is 8.04. The Kier molecular flexibility index (Phi) is 5.56. The van der Waals surface area contributed by atoms with Crippen molar-refractivity contribution in [2.75, 3.05) is 43.6 Å². The minimum Gasteiger partial charge on any atom is -0.493 e. The van der Waals surface area contributed by atoms with Crippen molar-refractivity contribution in [3.05, 3.63) is 29.8 Å². The molecule has 1 aromatic heterocycles. The molecule has 1 saturated heterocycles. The average Bonchev–Trinajstić information content (AvgIpc) is 3.00. The first-order chi connectivity index (χ1) is 11.8. The highest BCUT2D eigenvalue weighted by Crippen LogP contribution is 2.21. The molecule has 0 unspecified atom stereocenters. The summed E-state index contributed by atoms with van der Waals surface area (Å²) in [5.41, 5.74) is 0.601. The van der Waals surface area contributed by atoms with Crippen molar-refractivity contribution in [3.8, 4) is 11.8 Å². The molecule has 0 radical (unpaired) electrons. The van der Waals surface area contributed by atoms with Crippen LogP contribution in [0.15, 0.2) is 29.4 Å². The molecule has 1 fully saturated rings. The molecule has 2 aromatic rings. The van der Waals surface area contributed by atoms with Gasteiger partial charge in [-0.25, -0.2) is 0 Å². The zero-order valence-electron chi connectivity index (χ0n) is 13.5. The van der Waals surface area contributed by atoms with Gasteiger partial charge in [0, 0.05) is 25.9 Å². The van der Waals surface area contributed by atoms with E-state index >= 15 is 0 Å². The molecule has 1 aliphatic heterocycles. The van der Waals surface area contributed by atoms with Crippen molar-refractivity contribution in [1.29, 1.82) is 5.26 Å². The summed E-state index contributed by atoms with van der Waals surface area (Å²) in [7, 11) is 1.98. The number of aromatic nitrogens is 3. The maximum Gasteiger partial charge on any atom is 0.227 e. The minimum absolute atomic E-state index is 0.541. The summed E-state index contributed by atoms with van der Waals surface area (Å²) >= 11 is 1.60. The van der Waals surface area contributed by atoms with Crippen LogP contribution < -0.4 is 9.64 Å². The van der Waals surface area contributed by atoms with Gasteiger partial charge in [-0.3, -0.25) is 4.57 Å². The topological polar surface area (TPSA) is 76.2 Å². The third kappa shape index (κ3) is 3.99. The van der Waals surface area contributed by atoms with Crippen molar-refractivity contribution in [3.63, 3.8) is 0 Å². The Bertz CT molecular complexity index is 721. The van der Waals surface area contributed by atoms with Gasteiger partial charge in [0.1, 0.15) is 5.75 Å². The van der Waals surface area contributed by atoms with Gasteiger partial charge in [0.15, 0.2) is 5.16 Å². The first-order valence-corrected chi connectivity index (χ1v) is 8.74. The van der Waals surface area contributed by atoms with Crippen molar-refractivity contribution in [2.45, 2.75) is 5.16 Å². The van der Waals surface area contributed by atoms with Gasteiger partial charge in [-0.15, -0.1) is 10.2 Å². The predicted molar refractivity (Wildman–Crippen MR) is 91.4 cm³/mol. The molecule has 0 amide bonds. The van der Waals surface area contributed by atoms with Crippen molar-refractivity contribution in [2.24, 2.45) is 7.05 Å². The lowest BCUT2D eigenvalue weighted by Crippen LogP contribution is -2.37. The van der Waals surface area contributed by atoms with E-state index in [-0.39, 0.29) is 0 Å². The highest BCUT2D eigenvalue weighted by Gasteiger charge is 2.18. The summed E-state index contributed by atoms with van der Waals surface area (Å²) < 4.78 is 13.0. The van der Waals surface area contributed by atoms with E-state index < -0.39 is 0 Å². The van der Waals surface area contributed by atoms with Gasteiger partial charge in [-0.2, -0.15) is 5.26 Å². The van der Waals surface area contributed by atoms with Crippen LogP contribution >= 0.6 is 11.8 Å². The second-order valence-electron chi connectivity index (χ2n) is 5.28. The molecule has 0 aliphatic carbocycles. The lowest BCUT2D eigenvalue weighted by molar-refractivity contribution is 0.121. The highest BCUT2D eigenvalue weighted by atomic mass is 32.2. The number of benzene rings is 1. The fraction of sp³-hybridized carbons (Fsp3) is 0.438. The molecule has 0 N–H and O–H groups in total. The Morgan fingerprint density at radius 1 is 1.33 bits per heavy atom. The zero-order valence-corrected chi connectivity index (χ0v) is 14.3. The second-order valence-corrected chi connectivity index (χ2v) is 6.34. The first kappa shape index (κ1) is 16.6. The normalized spacial score (nSPS) is 14.4. The first-order valence-electron chi connectivity index (χ1n) is 7.76. The lowest BCUT2D eigenvalue weighted by atomic mass is 10.2. The molecule has 8 heteroatoms. The van der Waals surface area contributed by atoms with Crippen molar-refractivity contribution >= 4 is 17.7 Å². The van der Waals surface area contributed by atoms with Crippen LogP contribution in [-0.2, 0) is 11.8 Å². The lowest BCUT2D eigenvalue weighted by Gasteiger charge is -2.27. The molecule has 0 saturated carbocycles. The molecule has 24 heavy (non-hydrogen) atoms. The van der Waals surface area contributed by atoms with E-state index in [1.807, 2.05) is 23.7 Å². The third-order valence-corrected chi connectivity index (χ3v) is 4.64. The molecule has 126 valence electrons. The van der Waals surface area contributed by atoms with Crippen LogP contribution in [0.4, 0.5) is 5.95 Å². The summed E-state index contributed by atoms with van der Waals surface area (Å²) in [6.45, 7) is 3.68. The zero-order chi connectivity index (χ0) is 16.8. The SMILES string of the molecule is Cn1c(SCCOc2cccc(C#N)c2)nnc1N1CCOCC1. The van der Waals surface area contributed by atoms with E-state index in [9.17, 15) is 0 Å². The Balaban J connectivity index is 1.50. The number of hydrogen-bond donors (Lipinski definition) is 0. The predicted octanol–water partition coefficient (Wildman–Crippen LogP) is 1.69. The van der Waals surface area contributed by atoms with E-state index in [4.69, 9.17) is 14.7 Å².